The van der Waals surface area contributed by atoms with Crippen LogP contribution in [0.15, 0.2) is 36.4 Å². The first-order chi connectivity index (χ1) is 11.8. The zero-order valence-corrected chi connectivity index (χ0v) is 17.6. The van der Waals surface area contributed by atoms with Gasteiger partial charge in [0.05, 0.1) is 0 Å². The van der Waals surface area contributed by atoms with Gasteiger partial charge in [-0.05, 0) is 86.7 Å². The van der Waals surface area contributed by atoms with E-state index in [1.807, 2.05) is 0 Å². The van der Waals surface area contributed by atoms with Crippen LogP contribution in [-0.4, -0.2) is 6.61 Å². The van der Waals surface area contributed by atoms with Gasteiger partial charge in [0, 0.05) is 9.13 Å². The van der Waals surface area contributed by atoms with Crippen molar-refractivity contribution in [2.24, 2.45) is 0 Å². The van der Waals surface area contributed by atoms with Crippen LogP contribution >= 0.6 is 22.6 Å². The van der Waals surface area contributed by atoms with Crippen molar-refractivity contribution in [3.05, 3.63) is 62.2 Å². The number of ether oxygens (including phenoxy) is 1. The van der Waals surface area contributed by atoms with Crippen molar-refractivity contribution in [1.29, 1.82) is 0 Å². The van der Waals surface area contributed by atoms with Gasteiger partial charge in [-0.1, -0.05) is 52.0 Å². The summed E-state index contributed by atoms with van der Waals surface area (Å²) in [6.07, 6.45) is 4.79. The maximum Gasteiger partial charge on any atom is 0.128 e. The molecule has 0 saturated heterocycles. The van der Waals surface area contributed by atoms with Gasteiger partial charge < -0.3 is 4.74 Å². The van der Waals surface area contributed by atoms with E-state index in [1.54, 1.807) is 0 Å². The van der Waals surface area contributed by atoms with E-state index in [0.717, 1.165) is 5.75 Å². The topological polar surface area (TPSA) is 9.23 Å². The number of fused-ring (bicyclic) bond motifs is 2. The first-order valence-corrected chi connectivity index (χ1v) is 10.1. The van der Waals surface area contributed by atoms with Crippen LogP contribution in [0.25, 0.3) is 11.6 Å². The van der Waals surface area contributed by atoms with Crippen LogP contribution in [0.2, 0.25) is 0 Å². The molecule has 25 heavy (non-hydrogen) atoms. The van der Waals surface area contributed by atoms with Crippen molar-refractivity contribution >= 4 is 34.2 Å². The summed E-state index contributed by atoms with van der Waals surface area (Å²) in [7, 11) is 0. The standard InChI is InChI=1S/C23H25IO/c1-22(2)9-10-23(3,4)20-12-15(6-8-19(20)22)17-11-16-5-7-18(24)13-21(16)25-14-17/h5-8,11-13H,9-10,14H2,1-4H3. The first kappa shape index (κ1) is 17.1. The van der Waals surface area contributed by atoms with E-state index in [0.29, 0.717) is 6.61 Å². The molecule has 2 aromatic carbocycles. The molecule has 0 saturated carbocycles. The van der Waals surface area contributed by atoms with Gasteiger partial charge in [0.25, 0.3) is 0 Å². The third-order valence-corrected chi connectivity index (χ3v) is 6.58. The molecule has 4 rings (SSSR count). The van der Waals surface area contributed by atoms with E-state index < -0.39 is 0 Å². The fourth-order valence-electron chi connectivity index (χ4n) is 4.09. The Morgan fingerprint density at radius 1 is 0.880 bits per heavy atom. The largest absolute Gasteiger partial charge is 0.488 e. The molecule has 0 aromatic heterocycles. The highest BCUT2D eigenvalue weighted by atomic mass is 127. The zero-order valence-electron chi connectivity index (χ0n) is 15.4. The second-order valence-corrected chi connectivity index (χ2v) is 9.91. The maximum atomic E-state index is 6.04. The fourth-order valence-corrected chi connectivity index (χ4v) is 4.56. The Hall–Kier alpha value is -1.29. The van der Waals surface area contributed by atoms with Gasteiger partial charge >= 0.3 is 0 Å². The number of hydrogen-bond donors (Lipinski definition) is 0. The predicted molar refractivity (Wildman–Crippen MR) is 114 cm³/mol. The van der Waals surface area contributed by atoms with Crippen LogP contribution in [0.4, 0.5) is 0 Å². The molecule has 0 atom stereocenters. The molecule has 0 radical (unpaired) electrons. The summed E-state index contributed by atoms with van der Waals surface area (Å²) in [4.78, 5) is 0. The average molecular weight is 444 g/mol. The lowest BCUT2D eigenvalue weighted by Gasteiger charge is -2.42. The third-order valence-electron chi connectivity index (χ3n) is 5.91. The lowest BCUT2D eigenvalue weighted by Crippen LogP contribution is -2.33. The molecule has 1 nitrogen and oxygen atoms in total. The number of benzene rings is 2. The SMILES string of the molecule is CC1(C)CCC(C)(C)c2cc(C3=Cc4ccc(I)cc4OC3)ccc21. The normalized spacial score (nSPS) is 20.1. The molecule has 0 unspecified atom stereocenters. The molecular weight excluding hydrogens is 419 g/mol. The quantitative estimate of drug-likeness (QED) is 0.452. The molecule has 1 aliphatic carbocycles. The first-order valence-electron chi connectivity index (χ1n) is 9.05. The molecule has 1 aliphatic heterocycles. The minimum atomic E-state index is 0.241. The zero-order chi connectivity index (χ0) is 17.8. The smallest absolute Gasteiger partial charge is 0.128 e. The van der Waals surface area contributed by atoms with Gasteiger partial charge in [-0.25, -0.2) is 0 Å². The van der Waals surface area contributed by atoms with Gasteiger partial charge in [-0.2, -0.15) is 0 Å². The van der Waals surface area contributed by atoms with Gasteiger partial charge in [-0.3, -0.25) is 0 Å². The Morgan fingerprint density at radius 3 is 2.36 bits per heavy atom. The highest BCUT2D eigenvalue weighted by molar-refractivity contribution is 14.1. The molecule has 0 amide bonds. The predicted octanol–water partition coefficient (Wildman–Crippen LogP) is 6.57. The molecule has 2 aromatic rings. The molecule has 0 bridgehead atoms. The Kier molecular flexibility index (Phi) is 4.02. The second-order valence-electron chi connectivity index (χ2n) is 8.67. The summed E-state index contributed by atoms with van der Waals surface area (Å²) < 4.78 is 7.25. The molecule has 2 heteroatoms. The van der Waals surface area contributed by atoms with Crippen LogP contribution in [0.1, 0.15) is 62.8 Å². The van der Waals surface area contributed by atoms with E-state index in [2.05, 4.69) is 92.8 Å². The minimum Gasteiger partial charge on any atom is -0.488 e. The Labute approximate surface area is 164 Å². The summed E-state index contributed by atoms with van der Waals surface area (Å²) >= 11 is 2.33. The van der Waals surface area contributed by atoms with Crippen LogP contribution in [0.5, 0.6) is 5.75 Å². The van der Waals surface area contributed by atoms with Gasteiger partial charge in [-0.15, -0.1) is 0 Å². The monoisotopic (exact) mass is 444 g/mol. The van der Waals surface area contributed by atoms with Crippen molar-refractivity contribution in [2.75, 3.05) is 6.61 Å². The van der Waals surface area contributed by atoms with Gasteiger partial charge in [0.15, 0.2) is 0 Å². The molecule has 1 heterocycles. The van der Waals surface area contributed by atoms with Crippen molar-refractivity contribution in [3.63, 3.8) is 0 Å². The third kappa shape index (κ3) is 3.03. The minimum absolute atomic E-state index is 0.241. The number of hydrogen-bond acceptors (Lipinski definition) is 1. The van der Waals surface area contributed by atoms with E-state index in [4.69, 9.17) is 4.74 Å². The van der Waals surface area contributed by atoms with Crippen molar-refractivity contribution in [3.8, 4) is 5.75 Å². The van der Waals surface area contributed by atoms with Crippen LogP contribution < -0.4 is 4.74 Å². The number of halogens is 1. The molecule has 2 aliphatic rings. The Morgan fingerprint density at radius 2 is 1.60 bits per heavy atom. The number of rotatable bonds is 1. The fraction of sp³-hybridized carbons (Fsp3) is 0.391. The van der Waals surface area contributed by atoms with Crippen LogP contribution in [-0.2, 0) is 10.8 Å². The second kappa shape index (κ2) is 5.87. The lowest BCUT2D eigenvalue weighted by atomic mass is 9.63. The highest BCUT2D eigenvalue weighted by Gasteiger charge is 2.37. The van der Waals surface area contributed by atoms with Gasteiger partial charge in [0.1, 0.15) is 12.4 Å². The molecule has 0 fully saturated rings. The highest BCUT2D eigenvalue weighted by Crippen LogP contribution is 2.46. The summed E-state index contributed by atoms with van der Waals surface area (Å²) in [5.41, 5.74) is 7.29. The maximum absolute atomic E-state index is 6.04. The lowest BCUT2D eigenvalue weighted by molar-refractivity contribution is 0.331. The molecule has 0 spiro atoms. The molecule has 0 N–H and O–H groups in total. The molecular formula is C23H25IO. The van der Waals surface area contributed by atoms with Crippen molar-refractivity contribution < 1.29 is 4.74 Å². The Bertz CT molecular complexity index is 874. The summed E-state index contributed by atoms with van der Waals surface area (Å²) in [6, 6.07) is 13.5. The van der Waals surface area contributed by atoms with Crippen molar-refractivity contribution in [1.82, 2.24) is 0 Å². The summed E-state index contributed by atoms with van der Waals surface area (Å²) in [5.74, 6) is 0.995. The van der Waals surface area contributed by atoms with Gasteiger partial charge in [0.2, 0.25) is 0 Å². The van der Waals surface area contributed by atoms with Crippen LogP contribution in [0.3, 0.4) is 0 Å². The van der Waals surface area contributed by atoms with E-state index in [9.17, 15) is 0 Å². The summed E-state index contributed by atoms with van der Waals surface area (Å²) in [6.45, 7) is 10.2. The van der Waals surface area contributed by atoms with E-state index >= 15 is 0 Å². The van der Waals surface area contributed by atoms with Crippen LogP contribution in [0, 0.1) is 3.57 Å². The average Bonchev–Trinajstić information content (AvgIpc) is 2.58. The summed E-state index contributed by atoms with van der Waals surface area (Å²) in [5, 5.41) is 0. The van der Waals surface area contributed by atoms with Crippen molar-refractivity contribution in [2.45, 2.75) is 51.4 Å². The van der Waals surface area contributed by atoms with E-state index in [-0.39, 0.29) is 10.8 Å². The molecule has 130 valence electrons. The Balaban J connectivity index is 1.79. The van der Waals surface area contributed by atoms with E-state index in [1.165, 1.54) is 44.2 Å².